The Kier molecular flexibility index (Phi) is 2.86. The van der Waals surface area contributed by atoms with Crippen LogP contribution in [0.5, 0.6) is 0 Å². The molecule has 0 aliphatic heterocycles. The van der Waals surface area contributed by atoms with Gasteiger partial charge < -0.3 is 10.4 Å². The summed E-state index contributed by atoms with van der Waals surface area (Å²) in [6, 6.07) is 8.25. The topological polar surface area (TPSA) is 49.3 Å². The van der Waals surface area contributed by atoms with Crippen molar-refractivity contribution in [3.63, 3.8) is 0 Å². The number of carbonyl (C=O) groups is 1. The number of fused-ring (bicyclic) bond motifs is 1. The van der Waals surface area contributed by atoms with Gasteiger partial charge in [-0.15, -0.1) is 0 Å². The number of nitrogens with one attached hydrogen (secondary N) is 1. The Labute approximate surface area is 107 Å². The average Bonchev–Trinajstić information content (AvgIpc) is 2.77. The smallest absolute Gasteiger partial charge is 0.223 e. The third kappa shape index (κ3) is 2.15. The summed E-state index contributed by atoms with van der Waals surface area (Å²) in [4.78, 5) is 12.1. The lowest BCUT2D eigenvalue weighted by atomic mass is 9.80. The monoisotopic (exact) mass is 245 g/mol. The molecule has 0 spiro atoms. The summed E-state index contributed by atoms with van der Waals surface area (Å²) in [5.74, 6) is 0.137. The van der Waals surface area contributed by atoms with E-state index in [0.29, 0.717) is 6.54 Å². The molecule has 1 aromatic rings. The highest BCUT2D eigenvalue weighted by atomic mass is 16.3. The molecule has 0 atom stereocenters. The highest BCUT2D eigenvalue weighted by molar-refractivity contribution is 5.80. The Hall–Kier alpha value is -1.35. The minimum Gasteiger partial charge on any atom is -0.388 e. The molecule has 0 radical (unpaired) electrons. The van der Waals surface area contributed by atoms with Crippen LogP contribution in [0.1, 0.15) is 30.4 Å². The summed E-state index contributed by atoms with van der Waals surface area (Å²) in [6.07, 6.45) is 4.37. The number of carbonyl (C=O) groups excluding carboxylic acids is 1. The molecule has 3 nitrogen and oxygen atoms in total. The molecule has 1 saturated carbocycles. The largest absolute Gasteiger partial charge is 0.388 e. The second-order valence-electron chi connectivity index (χ2n) is 5.67. The molecular formula is C15H19NO2. The van der Waals surface area contributed by atoms with Crippen molar-refractivity contribution in [2.24, 2.45) is 5.92 Å². The Morgan fingerprint density at radius 2 is 1.89 bits per heavy atom. The quantitative estimate of drug-likeness (QED) is 0.846. The molecule has 0 bridgehead atoms. The highest BCUT2D eigenvalue weighted by Crippen LogP contribution is 2.31. The maximum Gasteiger partial charge on any atom is 0.223 e. The average molecular weight is 245 g/mol. The van der Waals surface area contributed by atoms with E-state index in [9.17, 15) is 9.90 Å². The van der Waals surface area contributed by atoms with Gasteiger partial charge in [0.1, 0.15) is 0 Å². The zero-order valence-corrected chi connectivity index (χ0v) is 10.5. The predicted molar refractivity (Wildman–Crippen MR) is 69.2 cm³/mol. The van der Waals surface area contributed by atoms with E-state index in [-0.39, 0.29) is 11.8 Å². The standard InChI is InChI=1S/C15H19NO2/c17-14(16-10-15(18)6-3-7-15)13-8-11-4-1-2-5-12(11)9-13/h1-2,4-5,13,18H,3,6-10H2,(H,16,17). The van der Waals surface area contributed by atoms with E-state index in [4.69, 9.17) is 0 Å². The fourth-order valence-electron chi connectivity index (χ4n) is 2.90. The third-order valence-corrected chi connectivity index (χ3v) is 4.30. The molecular weight excluding hydrogens is 226 g/mol. The minimum atomic E-state index is -0.624. The molecule has 3 rings (SSSR count). The molecule has 0 saturated heterocycles. The number of aliphatic hydroxyl groups is 1. The normalized spacial score (nSPS) is 21.2. The molecule has 18 heavy (non-hydrogen) atoms. The molecule has 96 valence electrons. The van der Waals surface area contributed by atoms with Crippen molar-refractivity contribution in [2.75, 3.05) is 6.54 Å². The first-order chi connectivity index (χ1) is 8.66. The van der Waals surface area contributed by atoms with E-state index >= 15 is 0 Å². The van der Waals surface area contributed by atoms with E-state index in [2.05, 4.69) is 17.4 Å². The van der Waals surface area contributed by atoms with E-state index in [0.717, 1.165) is 32.1 Å². The molecule has 3 heteroatoms. The van der Waals surface area contributed by atoms with Gasteiger partial charge in [-0.2, -0.15) is 0 Å². The first-order valence-corrected chi connectivity index (χ1v) is 6.73. The molecule has 1 amide bonds. The summed E-state index contributed by atoms with van der Waals surface area (Å²) in [5, 5.41) is 12.9. The van der Waals surface area contributed by atoms with Gasteiger partial charge in [0.25, 0.3) is 0 Å². The molecule has 2 aliphatic carbocycles. The van der Waals surface area contributed by atoms with Crippen LogP contribution in [-0.4, -0.2) is 23.2 Å². The lowest BCUT2D eigenvalue weighted by Gasteiger charge is -2.36. The third-order valence-electron chi connectivity index (χ3n) is 4.30. The second-order valence-corrected chi connectivity index (χ2v) is 5.67. The number of hydrogen-bond donors (Lipinski definition) is 2. The van der Waals surface area contributed by atoms with E-state index in [1.54, 1.807) is 0 Å². The molecule has 1 fully saturated rings. The zero-order chi connectivity index (χ0) is 12.6. The van der Waals surface area contributed by atoms with Crippen LogP contribution in [0.15, 0.2) is 24.3 Å². The number of hydrogen-bond acceptors (Lipinski definition) is 2. The van der Waals surface area contributed by atoms with E-state index in [1.807, 2.05) is 12.1 Å². The Morgan fingerprint density at radius 3 is 2.39 bits per heavy atom. The van der Waals surface area contributed by atoms with Crippen molar-refractivity contribution in [3.05, 3.63) is 35.4 Å². The van der Waals surface area contributed by atoms with Crippen molar-refractivity contribution >= 4 is 5.91 Å². The van der Waals surface area contributed by atoms with Crippen LogP contribution < -0.4 is 5.32 Å². The molecule has 0 unspecified atom stereocenters. The summed E-state index contributed by atoms with van der Waals surface area (Å²) in [6.45, 7) is 0.415. The van der Waals surface area contributed by atoms with Crippen LogP contribution >= 0.6 is 0 Å². The summed E-state index contributed by atoms with van der Waals surface area (Å²) < 4.78 is 0. The SMILES string of the molecule is O=C(NCC1(O)CCC1)C1Cc2ccccc2C1. The molecule has 1 aromatic carbocycles. The van der Waals surface area contributed by atoms with Gasteiger partial charge in [0, 0.05) is 12.5 Å². The van der Waals surface area contributed by atoms with Crippen LogP contribution in [0, 0.1) is 5.92 Å². The van der Waals surface area contributed by atoms with Crippen LogP contribution in [-0.2, 0) is 17.6 Å². The highest BCUT2D eigenvalue weighted by Gasteiger charge is 2.35. The lowest BCUT2D eigenvalue weighted by molar-refractivity contribution is -0.127. The van der Waals surface area contributed by atoms with Gasteiger partial charge in [0.2, 0.25) is 5.91 Å². The predicted octanol–water partition coefficient (Wildman–Crippen LogP) is 1.43. The first-order valence-electron chi connectivity index (χ1n) is 6.73. The van der Waals surface area contributed by atoms with Crippen molar-refractivity contribution in [2.45, 2.75) is 37.7 Å². The number of rotatable bonds is 3. The molecule has 2 N–H and O–H groups in total. The second kappa shape index (κ2) is 4.39. The fourth-order valence-corrected chi connectivity index (χ4v) is 2.90. The zero-order valence-electron chi connectivity index (χ0n) is 10.5. The summed E-state index contributed by atoms with van der Waals surface area (Å²) in [7, 11) is 0. The van der Waals surface area contributed by atoms with Crippen molar-refractivity contribution in [1.29, 1.82) is 0 Å². The lowest BCUT2D eigenvalue weighted by Crippen LogP contribution is -2.49. The van der Waals surface area contributed by atoms with Gasteiger partial charge in [-0.3, -0.25) is 4.79 Å². The van der Waals surface area contributed by atoms with Gasteiger partial charge in [-0.25, -0.2) is 0 Å². The van der Waals surface area contributed by atoms with E-state index in [1.165, 1.54) is 11.1 Å². The molecule has 0 aromatic heterocycles. The van der Waals surface area contributed by atoms with Crippen LogP contribution in [0.2, 0.25) is 0 Å². The molecule has 2 aliphatic rings. The Morgan fingerprint density at radius 1 is 1.28 bits per heavy atom. The van der Waals surface area contributed by atoms with Gasteiger partial charge in [0.15, 0.2) is 0 Å². The Bertz CT molecular complexity index is 440. The van der Waals surface area contributed by atoms with Gasteiger partial charge in [-0.05, 0) is 43.2 Å². The summed E-state index contributed by atoms with van der Waals surface area (Å²) >= 11 is 0. The van der Waals surface area contributed by atoms with Crippen LogP contribution in [0.4, 0.5) is 0 Å². The fraction of sp³-hybridized carbons (Fsp3) is 0.533. The number of benzene rings is 1. The summed E-state index contributed by atoms with van der Waals surface area (Å²) in [5.41, 5.74) is 1.96. The first kappa shape index (κ1) is 11.7. The maximum atomic E-state index is 12.1. The Balaban J connectivity index is 1.56. The van der Waals surface area contributed by atoms with Crippen molar-refractivity contribution in [1.82, 2.24) is 5.32 Å². The molecule has 0 heterocycles. The van der Waals surface area contributed by atoms with Crippen molar-refractivity contribution < 1.29 is 9.90 Å². The maximum absolute atomic E-state index is 12.1. The van der Waals surface area contributed by atoms with E-state index < -0.39 is 5.60 Å². The van der Waals surface area contributed by atoms with Gasteiger partial charge in [0.05, 0.1) is 5.60 Å². The van der Waals surface area contributed by atoms with Gasteiger partial charge >= 0.3 is 0 Å². The number of amides is 1. The van der Waals surface area contributed by atoms with Gasteiger partial charge in [-0.1, -0.05) is 24.3 Å². The van der Waals surface area contributed by atoms with Crippen molar-refractivity contribution in [3.8, 4) is 0 Å². The minimum absolute atomic E-state index is 0.0473. The van der Waals surface area contributed by atoms with Crippen LogP contribution in [0.25, 0.3) is 0 Å². The van der Waals surface area contributed by atoms with Crippen LogP contribution in [0.3, 0.4) is 0 Å².